The van der Waals surface area contributed by atoms with Crippen LogP contribution in [0.5, 0.6) is 0 Å². The van der Waals surface area contributed by atoms with Crippen LogP contribution in [-0.2, 0) is 0 Å². The largest absolute Gasteiger partial charge is 0.117 e. The molecule has 1 radical (unpaired) electrons. The van der Waals surface area contributed by atoms with Crippen LogP contribution < -0.4 is 0 Å². The van der Waals surface area contributed by atoms with Crippen molar-refractivity contribution in [2.45, 2.75) is 12.3 Å². The summed E-state index contributed by atoms with van der Waals surface area (Å²) in [5, 5.41) is 2.20. The van der Waals surface area contributed by atoms with E-state index < -0.39 is 0 Å². The molecule has 12 heavy (non-hydrogen) atoms. The lowest BCUT2D eigenvalue weighted by molar-refractivity contribution is 1.16. The molecule has 1 fully saturated rings. The molecule has 63 valence electrons. The molecule has 2 rings (SSSR count). The summed E-state index contributed by atoms with van der Waals surface area (Å²) >= 11 is 17.4. The lowest BCUT2D eigenvalue weighted by atomic mass is 10.1. The van der Waals surface area contributed by atoms with Gasteiger partial charge in [-0.1, -0.05) is 29.3 Å². The van der Waals surface area contributed by atoms with Crippen molar-refractivity contribution < 1.29 is 0 Å². The Morgan fingerprint density at radius 2 is 1.75 bits per heavy atom. The highest BCUT2D eigenvalue weighted by molar-refractivity contribution is 6.42. The van der Waals surface area contributed by atoms with E-state index in [1.807, 2.05) is 18.2 Å². The van der Waals surface area contributed by atoms with Crippen LogP contribution in [0.2, 0.25) is 10.0 Å². The highest BCUT2D eigenvalue weighted by atomic mass is 35.5. The maximum absolute atomic E-state index is 5.85. The highest BCUT2D eigenvalue weighted by Gasteiger charge is 2.37. The van der Waals surface area contributed by atoms with E-state index in [-0.39, 0.29) is 0 Å². The minimum absolute atomic E-state index is 0.404. The maximum atomic E-state index is 5.85. The van der Waals surface area contributed by atoms with Crippen molar-refractivity contribution in [1.82, 2.24) is 0 Å². The zero-order valence-electron chi connectivity index (χ0n) is 6.15. The Morgan fingerprint density at radius 3 is 2.25 bits per heavy atom. The average Bonchev–Trinajstić information content (AvgIpc) is 2.73. The minimum Gasteiger partial charge on any atom is -0.117 e. The standard InChI is InChI=1S/C9H6Cl3/c10-7-2-1-5(3-9(7)12)6-4-8(6)11/h1-3,6H,4H2. The summed E-state index contributed by atoms with van der Waals surface area (Å²) in [4.78, 5) is 0. The first-order valence-corrected chi connectivity index (χ1v) is 4.78. The van der Waals surface area contributed by atoms with Crippen LogP contribution in [-0.4, -0.2) is 0 Å². The second-order valence-corrected chi connectivity index (χ2v) is 4.18. The van der Waals surface area contributed by atoms with E-state index in [0.29, 0.717) is 16.0 Å². The van der Waals surface area contributed by atoms with Gasteiger partial charge in [0.25, 0.3) is 0 Å². The van der Waals surface area contributed by atoms with Gasteiger partial charge in [0.2, 0.25) is 0 Å². The van der Waals surface area contributed by atoms with Crippen LogP contribution >= 0.6 is 34.8 Å². The Kier molecular flexibility index (Phi) is 2.24. The van der Waals surface area contributed by atoms with Crippen molar-refractivity contribution in [2.75, 3.05) is 0 Å². The lowest BCUT2D eigenvalue weighted by Crippen LogP contribution is -1.79. The van der Waals surface area contributed by atoms with E-state index in [1.165, 1.54) is 0 Å². The van der Waals surface area contributed by atoms with Gasteiger partial charge < -0.3 is 0 Å². The predicted molar refractivity (Wildman–Crippen MR) is 52.9 cm³/mol. The first-order chi connectivity index (χ1) is 5.68. The summed E-state index contributed by atoms with van der Waals surface area (Å²) in [6.45, 7) is 0. The molecule has 0 bridgehead atoms. The van der Waals surface area contributed by atoms with Crippen LogP contribution in [0.1, 0.15) is 17.9 Å². The molecule has 0 saturated heterocycles. The zero-order chi connectivity index (χ0) is 8.72. The molecule has 0 aliphatic heterocycles. The molecule has 0 heterocycles. The number of halogens is 3. The molecular weight excluding hydrogens is 214 g/mol. The molecule has 0 aromatic heterocycles. The molecule has 1 atom stereocenters. The number of hydrogen-bond donors (Lipinski definition) is 0. The topological polar surface area (TPSA) is 0 Å². The third kappa shape index (κ3) is 1.56. The van der Waals surface area contributed by atoms with Gasteiger partial charge in [-0.2, -0.15) is 0 Å². The van der Waals surface area contributed by atoms with E-state index in [4.69, 9.17) is 34.8 Å². The molecule has 0 spiro atoms. The fourth-order valence-electron chi connectivity index (χ4n) is 1.16. The molecule has 1 aromatic rings. The summed E-state index contributed by atoms with van der Waals surface area (Å²) in [6, 6.07) is 5.65. The number of rotatable bonds is 1. The Morgan fingerprint density at radius 1 is 1.08 bits per heavy atom. The van der Waals surface area contributed by atoms with Gasteiger partial charge in [0.15, 0.2) is 0 Å². The van der Waals surface area contributed by atoms with Crippen LogP contribution in [0.4, 0.5) is 0 Å². The summed E-state index contributed by atoms with van der Waals surface area (Å²) in [6.07, 6.45) is 0.972. The van der Waals surface area contributed by atoms with Gasteiger partial charge in [0.1, 0.15) is 0 Å². The van der Waals surface area contributed by atoms with Crippen molar-refractivity contribution in [2.24, 2.45) is 0 Å². The quantitative estimate of drug-likeness (QED) is 0.664. The van der Waals surface area contributed by atoms with E-state index in [0.717, 1.165) is 17.4 Å². The average molecular weight is 221 g/mol. The Bertz CT molecular complexity index is 309. The highest BCUT2D eigenvalue weighted by Crippen LogP contribution is 2.52. The van der Waals surface area contributed by atoms with Crippen LogP contribution in [0.15, 0.2) is 18.2 Å². The van der Waals surface area contributed by atoms with Crippen molar-refractivity contribution in [3.63, 3.8) is 0 Å². The van der Waals surface area contributed by atoms with E-state index in [9.17, 15) is 0 Å². The van der Waals surface area contributed by atoms with Gasteiger partial charge in [-0.3, -0.25) is 0 Å². The second-order valence-electron chi connectivity index (χ2n) is 2.88. The van der Waals surface area contributed by atoms with Gasteiger partial charge in [0, 0.05) is 5.92 Å². The summed E-state index contributed by atoms with van der Waals surface area (Å²) in [7, 11) is 0. The van der Waals surface area contributed by atoms with Crippen molar-refractivity contribution in [3.05, 3.63) is 39.2 Å². The van der Waals surface area contributed by atoms with E-state index >= 15 is 0 Å². The molecule has 1 aromatic carbocycles. The molecule has 0 amide bonds. The van der Waals surface area contributed by atoms with Crippen LogP contribution in [0.25, 0.3) is 0 Å². The molecule has 0 N–H and O–H groups in total. The fraction of sp³-hybridized carbons (Fsp3) is 0.222. The Balaban J connectivity index is 2.29. The number of hydrogen-bond acceptors (Lipinski definition) is 0. The van der Waals surface area contributed by atoms with Gasteiger partial charge in [-0.05, 0) is 24.1 Å². The van der Waals surface area contributed by atoms with Crippen LogP contribution in [0, 0.1) is 5.38 Å². The summed E-state index contributed by atoms with van der Waals surface area (Å²) < 4.78 is 0. The third-order valence-electron chi connectivity index (χ3n) is 1.96. The molecule has 1 saturated carbocycles. The molecule has 1 aliphatic rings. The minimum atomic E-state index is 0.404. The molecule has 0 nitrogen and oxygen atoms in total. The lowest BCUT2D eigenvalue weighted by Gasteiger charge is -1.99. The normalized spacial score (nSPS) is 22.8. The van der Waals surface area contributed by atoms with Gasteiger partial charge >= 0.3 is 0 Å². The monoisotopic (exact) mass is 219 g/mol. The first-order valence-electron chi connectivity index (χ1n) is 3.64. The Labute approximate surface area is 86.4 Å². The maximum Gasteiger partial charge on any atom is 0.0719 e. The van der Waals surface area contributed by atoms with E-state index in [2.05, 4.69) is 0 Å². The van der Waals surface area contributed by atoms with Crippen molar-refractivity contribution >= 4 is 34.8 Å². The molecule has 1 aliphatic carbocycles. The molecule has 1 unspecified atom stereocenters. The van der Waals surface area contributed by atoms with E-state index in [1.54, 1.807) is 0 Å². The van der Waals surface area contributed by atoms with Crippen molar-refractivity contribution in [3.8, 4) is 0 Å². The Hall–Kier alpha value is 0.0900. The first kappa shape index (κ1) is 8.68. The van der Waals surface area contributed by atoms with Gasteiger partial charge in [0.05, 0.1) is 15.4 Å². The smallest absolute Gasteiger partial charge is 0.0719 e. The van der Waals surface area contributed by atoms with Crippen molar-refractivity contribution in [1.29, 1.82) is 0 Å². The summed E-state index contributed by atoms with van der Waals surface area (Å²) in [5.41, 5.74) is 1.16. The zero-order valence-corrected chi connectivity index (χ0v) is 8.42. The summed E-state index contributed by atoms with van der Waals surface area (Å²) in [5.74, 6) is 0.404. The molecule has 3 heteroatoms. The molecular formula is C9H6Cl3. The SMILES string of the molecule is Cl[C]1CC1c1ccc(Cl)c(Cl)c1. The van der Waals surface area contributed by atoms with Crippen LogP contribution in [0.3, 0.4) is 0 Å². The fourth-order valence-corrected chi connectivity index (χ4v) is 1.75. The second kappa shape index (κ2) is 3.10. The predicted octanol–water partition coefficient (Wildman–Crippen LogP) is 4.25. The number of benzene rings is 1. The van der Waals surface area contributed by atoms with Gasteiger partial charge in [-0.25, -0.2) is 0 Å². The third-order valence-corrected chi connectivity index (χ3v) is 3.12. The van der Waals surface area contributed by atoms with Gasteiger partial charge in [-0.15, -0.1) is 11.6 Å².